The van der Waals surface area contributed by atoms with Crippen LogP contribution in [0.3, 0.4) is 0 Å². The molecule has 0 aliphatic carbocycles. The van der Waals surface area contributed by atoms with Gasteiger partial charge in [-0.25, -0.2) is 8.42 Å². The molecule has 0 radical (unpaired) electrons. The third kappa shape index (κ3) is 3.05. The molecule has 1 aliphatic heterocycles. The van der Waals surface area contributed by atoms with Gasteiger partial charge in [-0.1, -0.05) is 15.9 Å². The fourth-order valence-electron chi connectivity index (χ4n) is 2.13. The summed E-state index contributed by atoms with van der Waals surface area (Å²) < 4.78 is 28.4. The molecule has 7 heteroatoms. The van der Waals surface area contributed by atoms with Crippen LogP contribution >= 0.6 is 31.9 Å². The molecular formula is C12H16Br2N2O2S. The second kappa shape index (κ2) is 5.81. The molecule has 1 fully saturated rings. The van der Waals surface area contributed by atoms with Crippen LogP contribution < -0.4 is 5.32 Å². The first kappa shape index (κ1) is 15.4. The van der Waals surface area contributed by atoms with E-state index in [1.807, 2.05) is 19.9 Å². The number of halogens is 2. The maximum Gasteiger partial charge on any atom is 0.244 e. The Balaban J connectivity index is 2.47. The van der Waals surface area contributed by atoms with E-state index >= 15 is 0 Å². The van der Waals surface area contributed by atoms with Crippen LogP contribution in [0.5, 0.6) is 0 Å². The molecule has 4 nitrogen and oxygen atoms in total. The summed E-state index contributed by atoms with van der Waals surface area (Å²) in [6.07, 6.45) is 0. The highest BCUT2D eigenvalue weighted by molar-refractivity contribution is 9.11. The van der Waals surface area contributed by atoms with E-state index in [1.165, 1.54) is 0 Å². The molecule has 0 unspecified atom stereocenters. The lowest BCUT2D eigenvalue weighted by Gasteiger charge is -2.33. The fourth-order valence-corrected chi connectivity index (χ4v) is 5.40. The van der Waals surface area contributed by atoms with Crippen molar-refractivity contribution < 1.29 is 8.42 Å². The zero-order valence-electron chi connectivity index (χ0n) is 10.8. The topological polar surface area (TPSA) is 49.4 Å². The van der Waals surface area contributed by atoms with E-state index < -0.39 is 10.0 Å². The van der Waals surface area contributed by atoms with Gasteiger partial charge in [0.15, 0.2) is 0 Å². The molecule has 1 N–H and O–H groups in total. The SMILES string of the molecule is Cc1cc(Br)c(S(=O)(=O)N2CCNC[C@@H]2C)cc1Br. The lowest BCUT2D eigenvalue weighted by Crippen LogP contribution is -2.52. The predicted octanol–water partition coefficient (Wildman–Crippen LogP) is 2.50. The van der Waals surface area contributed by atoms with E-state index in [1.54, 1.807) is 10.4 Å². The summed E-state index contributed by atoms with van der Waals surface area (Å²) in [5, 5.41) is 3.20. The molecule has 0 aromatic heterocycles. The highest BCUT2D eigenvalue weighted by atomic mass is 79.9. The van der Waals surface area contributed by atoms with Gasteiger partial charge in [-0.05, 0) is 47.5 Å². The first-order valence-electron chi connectivity index (χ1n) is 6.02. The third-order valence-corrected chi connectivity index (χ3v) is 7.07. The summed E-state index contributed by atoms with van der Waals surface area (Å²) in [6, 6.07) is 3.46. The Hall–Kier alpha value is 0.0500. The number of hydrogen-bond acceptors (Lipinski definition) is 3. The van der Waals surface area contributed by atoms with Crippen LogP contribution in [0.2, 0.25) is 0 Å². The Morgan fingerprint density at radius 3 is 2.63 bits per heavy atom. The number of benzene rings is 1. The van der Waals surface area contributed by atoms with E-state index in [9.17, 15) is 8.42 Å². The van der Waals surface area contributed by atoms with Crippen LogP contribution in [0.4, 0.5) is 0 Å². The van der Waals surface area contributed by atoms with Crippen molar-refractivity contribution in [2.24, 2.45) is 0 Å². The van der Waals surface area contributed by atoms with Gasteiger partial charge in [-0.3, -0.25) is 0 Å². The molecule has 1 saturated heterocycles. The smallest absolute Gasteiger partial charge is 0.244 e. The van der Waals surface area contributed by atoms with E-state index in [4.69, 9.17) is 0 Å². The summed E-state index contributed by atoms with van der Waals surface area (Å²) in [4.78, 5) is 0.318. The lowest BCUT2D eigenvalue weighted by atomic mass is 10.2. The van der Waals surface area contributed by atoms with E-state index in [0.29, 0.717) is 29.0 Å². The average Bonchev–Trinajstić information content (AvgIpc) is 2.34. The van der Waals surface area contributed by atoms with Crippen LogP contribution in [0.15, 0.2) is 26.0 Å². The Bertz CT molecular complexity index is 590. The minimum Gasteiger partial charge on any atom is -0.314 e. The summed E-state index contributed by atoms with van der Waals surface area (Å²) >= 11 is 6.76. The normalized spacial score (nSPS) is 21.6. The summed E-state index contributed by atoms with van der Waals surface area (Å²) in [5.74, 6) is 0. The van der Waals surface area contributed by atoms with Crippen LogP contribution in [-0.2, 0) is 10.0 Å². The van der Waals surface area contributed by atoms with Crippen molar-refractivity contribution >= 4 is 41.9 Å². The Kier molecular flexibility index (Phi) is 4.72. The van der Waals surface area contributed by atoms with Gasteiger partial charge in [0.25, 0.3) is 0 Å². The Morgan fingerprint density at radius 1 is 1.32 bits per heavy atom. The van der Waals surface area contributed by atoms with Crippen molar-refractivity contribution in [3.05, 3.63) is 26.6 Å². The highest BCUT2D eigenvalue weighted by Crippen LogP contribution is 2.31. The minimum absolute atomic E-state index is 0.0364. The van der Waals surface area contributed by atoms with Gasteiger partial charge in [0.2, 0.25) is 10.0 Å². The third-order valence-electron chi connectivity index (χ3n) is 3.24. The quantitative estimate of drug-likeness (QED) is 0.813. The maximum absolute atomic E-state index is 12.7. The van der Waals surface area contributed by atoms with E-state index in [0.717, 1.165) is 10.0 Å². The molecule has 0 bridgehead atoms. The van der Waals surface area contributed by atoms with Crippen molar-refractivity contribution in [2.75, 3.05) is 19.6 Å². The molecule has 1 aromatic carbocycles. The van der Waals surface area contributed by atoms with E-state index in [-0.39, 0.29) is 6.04 Å². The first-order valence-corrected chi connectivity index (χ1v) is 9.05. The molecule has 1 aliphatic rings. The molecule has 106 valence electrons. The summed E-state index contributed by atoms with van der Waals surface area (Å²) in [6.45, 7) is 5.72. The second-order valence-electron chi connectivity index (χ2n) is 4.70. The van der Waals surface area contributed by atoms with Gasteiger partial charge in [-0.2, -0.15) is 4.31 Å². The Labute approximate surface area is 130 Å². The van der Waals surface area contributed by atoms with Gasteiger partial charge in [0.05, 0.1) is 4.90 Å². The highest BCUT2D eigenvalue weighted by Gasteiger charge is 2.32. The maximum atomic E-state index is 12.7. The molecule has 1 aromatic rings. The van der Waals surface area contributed by atoms with Crippen molar-refractivity contribution in [1.82, 2.24) is 9.62 Å². The second-order valence-corrected chi connectivity index (χ2v) is 8.27. The van der Waals surface area contributed by atoms with E-state index in [2.05, 4.69) is 37.2 Å². The van der Waals surface area contributed by atoms with Crippen LogP contribution in [0.1, 0.15) is 12.5 Å². The van der Waals surface area contributed by atoms with Crippen LogP contribution in [0, 0.1) is 6.92 Å². The zero-order chi connectivity index (χ0) is 14.2. The zero-order valence-corrected chi connectivity index (χ0v) is 14.8. The number of piperazine rings is 1. The van der Waals surface area contributed by atoms with Gasteiger partial charge in [0.1, 0.15) is 0 Å². The van der Waals surface area contributed by atoms with Crippen LogP contribution in [-0.4, -0.2) is 38.4 Å². The molecule has 1 heterocycles. The molecule has 2 rings (SSSR count). The van der Waals surface area contributed by atoms with Crippen LogP contribution in [0.25, 0.3) is 0 Å². The van der Waals surface area contributed by atoms with Gasteiger partial charge < -0.3 is 5.32 Å². The number of nitrogens with zero attached hydrogens (tertiary/aromatic N) is 1. The van der Waals surface area contributed by atoms with Gasteiger partial charge >= 0.3 is 0 Å². The average molecular weight is 412 g/mol. The summed E-state index contributed by atoms with van der Waals surface area (Å²) in [5.41, 5.74) is 0.999. The number of hydrogen-bond donors (Lipinski definition) is 1. The largest absolute Gasteiger partial charge is 0.314 e. The fraction of sp³-hybridized carbons (Fsp3) is 0.500. The molecular weight excluding hydrogens is 396 g/mol. The molecule has 0 amide bonds. The number of aryl methyl sites for hydroxylation is 1. The van der Waals surface area contributed by atoms with Crippen molar-refractivity contribution in [3.8, 4) is 0 Å². The summed E-state index contributed by atoms with van der Waals surface area (Å²) in [7, 11) is -3.46. The Morgan fingerprint density at radius 2 is 2.00 bits per heavy atom. The van der Waals surface area contributed by atoms with Crippen molar-refractivity contribution in [2.45, 2.75) is 24.8 Å². The molecule has 1 atom stereocenters. The molecule has 0 spiro atoms. The van der Waals surface area contributed by atoms with Crippen molar-refractivity contribution in [1.29, 1.82) is 0 Å². The van der Waals surface area contributed by atoms with Crippen molar-refractivity contribution in [3.63, 3.8) is 0 Å². The van der Waals surface area contributed by atoms with Gasteiger partial charge in [0, 0.05) is 34.6 Å². The first-order chi connectivity index (χ1) is 8.84. The minimum atomic E-state index is -3.46. The van der Waals surface area contributed by atoms with Gasteiger partial charge in [-0.15, -0.1) is 0 Å². The predicted molar refractivity (Wildman–Crippen MR) is 82.8 cm³/mol. The molecule has 19 heavy (non-hydrogen) atoms. The monoisotopic (exact) mass is 410 g/mol. The number of rotatable bonds is 2. The molecule has 0 saturated carbocycles. The number of sulfonamides is 1. The standard InChI is InChI=1S/C12H16Br2N2O2S/c1-8-5-11(14)12(6-10(8)13)19(17,18)16-4-3-15-7-9(16)2/h5-6,9,15H,3-4,7H2,1-2H3/t9-/m0/s1. The lowest BCUT2D eigenvalue weighted by molar-refractivity contribution is 0.283. The number of nitrogens with one attached hydrogen (secondary N) is 1.